The van der Waals surface area contributed by atoms with E-state index in [1.165, 1.54) is 6.08 Å². The van der Waals surface area contributed by atoms with Crippen LogP contribution in [0, 0.1) is 0 Å². The Labute approximate surface area is 143 Å². The number of H-pyrrole nitrogens is 1. The Morgan fingerprint density at radius 3 is 2.88 bits per heavy atom. The Morgan fingerprint density at radius 2 is 2.16 bits per heavy atom. The van der Waals surface area contributed by atoms with Gasteiger partial charge in [0.05, 0.1) is 12.0 Å². The van der Waals surface area contributed by atoms with E-state index in [-0.39, 0.29) is 5.90 Å². The van der Waals surface area contributed by atoms with Crippen LogP contribution in [0.3, 0.4) is 0 Å². The zero-order valence-electron chi connectivity index (χ0n) is 13.9. The molecule has 6 heteroatoms. The van der Waals surface area contributed by atoms with Gasteiger partial charge >= 0.3 is 12.1 Å². The van der Waals surface area contributed by atoms with Crippen molar-refractivity contribution in [3.05, 3.63) is 53.2 Å². The van der Waals surface area contributed by atoms with Crippen LogP contribution >= 0.6 is 0 Å². The Hall–Kier alpha value is -2.50. The van der Waals surface area contributed by atoms with Gasteiger partial charge in [0.25, 0.3) is 0 Å². The van der Waals surface area contributed by atoms with Crippen LogP contribution in [0.1, 0.15) is 36.6 Å². The second-order valence-corrected chi connectivity index (χ2v) is 6.02. The number of alkyl halides is 3. The van der Waals surface area contributed by atoms with Gasteiger partial charge in [0.15, 0.2) is 0 Å². The van der Waals surface area contributed by atoms with Crippen molar-refractivity contribution in [3.63, 3.8) is 0 Å². The zero-order valence-corrected chi connectivity index (χ0v) is 13.9. The molecule has 2 aromatic rings. The fourth-order valence-electron chi connectivity index (χ4n) is 3.20. The molecule has 2 heterocycles. The summed E-state index contributed by atoms with van der Waals surface area (Å²) in [6.45, 7) is 2.57. The lowest BCUT2D eigenvalue weighted by Gasteiger charge is -2.05. The smallest absolute Gasteiger partial charge is 0.392 e. The first kappa shape index (κ1) is 17.3. The Kier molecular flexibility index (Phi) is 4.70. The van der Waals surface area contributed by atoms with Gasteiger partial charge in [-0.3, -0.25) is 0 Å². The van der Waals surface area contributed by atoms with Crippen LogP contribution in [-0.2, 0) is 6.42 Å². The molecule has 0 fully saturated rings. The molecule has 3 rings (SSSR count). The molecule has 0 saturated heterocycles. The Bertz CT molecular complexity index is 873. The number of aromatic amines is 1. The fraction of sp³-hybridized carbons (Fsp3) is 0.316. The fourth-order valence-corrected chi connectivity index (χ4v) is 3.20. The van der Waals surface area contributed by atoms with Crippen LogP contribution in [0.5, 0.6) is 0 Å². The van der Waals surface area contributed by atoms with E-state index in [2.05, 4.69) is 9.98 Å². The summed E-state index contributed by atoms with van der Waals surface area (Å²) < 4.78 is 36.8. The highest BCUT2D eigenvalue weighted by atomic mass is 19.4. The molecule has 0 spiro atoms. The van der Waals surface area contributed by atoms with E-state index in [4.69, 9.17) is 0 Å². The van der Waals surface area contributed by atoms with E-state index in [1.807, 2.05) is 25.1 Å². The van der Waals surface area contributed by atoms with Crippen molar-refractivity contribution in [1.82, 2.24) is 4.98 Å². The molecule has 0 radical (unpaired) electrons. The molecule has 1 aromatic heterocycles. The number of hydrogen-bond donors (Lipinski definition) is 3. The number of benzene rings is 1. The summed E-state index contributed by atoms with van der Waals surface area (Å²) in [6, 6.07) is 5.66. The molecule has 0 atom stereocenters. The van der Waals surface area contributed by atoms with Crippen LogP contribution in [-0.4, -0.2) is 28.7 Å². The molecule has 0 aliphatic carbocycles. The second-order valence-electron chi connectivity index (χ2n) is 6.02. The van der Waals surface area contributed by atoms with Gasteiger partial charge in [-0.2, -0.15) is 13.2 Å². The molecule has 1 aromatic carbocycles. The molecule has 25 heavy (non-hydrogen) atoms. The summed E-state index contributed by atoms with van der Waals surface area (Å²) in [4.78, 5) is 6.37. The first-order chi connectivity index (χ1) is 11.9. The minimum Gasteiger partial charge on any atom is -0.460 e. The normalized spacial score (nSPS) is 15.7. The SMILES string of the molecule is CC/C(=C\C=C/CC(F)(F)F)c1[nH]c2cccc3c2c1CC[NH+]=C3O. The van der Waals surface area contributed by atoms with Crippen molar-refractivity contribution in [3.8, 4) is 0 Å². The molecular formula is C19H20F3N2O+. The van der Waals surface area contributed by atoms with Crippen molar-refractivity contribution in [1.29, 1.82) is 0 Å². The van der Waals surface area contributed by atoms with Crippen LogP contribution in [0.2, 0.25) is 0 Å². The minimum atomic E-state index is -4.18. The number of hydrogen-bond acceptors (Lipinski definition) is 0. The van der Waals surface area contributed by atoms with Gasteiger partial charge in [-0.15, -0.1) is 0 Å². The highest BCUT2D eigenvalue weighted by molar-refractivity contribution is 6.06. The average molecular weight is 349 g/mol. The van der Waals surface area contributed by atoms with Crippen molar-refractivity contribution in [2.24, 2.45) is 0 Å². The van der Waals surface area contributed by atoms with E-state index >= 15 is 0 Å². The van der Waals surface area contributed by atoms with Gasteiger partial charge in [-0.05, 0) is 29.7 Å². The van der Waals surface area contributed by atoms with Gasteiger partial charge in [-0.1, -0.05) is 31.2 Å². The van der Waals surface area contributed by atoms with E-state index in [1.54, 1.807) is 6.08 Å². The third-order valence-corrected chi connectivity index (χ3v) is 4.34. The Balaban J connectivity index is 2.03. The van der Waals surface area contributed by atoms with Gasteiger partial charge in [0.1, 0.15) is 6.54 Å². The number of aliphatic hydroxyl groups is 1. The molecule has 0 bridgehead atoms. The van der Waals surface area contributed by atoms with E-state index in [0.29, 0.717) is 13.0 Å². The monoisotopic (exact) mass is 349 g/mol. The molecular weight excluding hydrogens is 329 g/mol. The van der Waals surface area contributed by atoms with Crippen LogP contribution < -0.4 is 4.99 Å². The molecule has 132 valence electrons. The minimum absolute atomic E-state index is 0.155. The average Bonchev–Trinajstić information content (AvgIpc) is 2.83. The molecule has 0 saturated carbocycles. The largest absolute Gasteiger partial charge is 0.460 e. The molecule has 0 unspecified atom stereocenters. The Morgan fingerprint density at radius 1 is 1.36 bits per heavy atom. The highest BCUT2D eigenvalue weighted by Gasteiger charge is 2.25. The van der Waals surface area contributed by atoms with Crippen molar-refractivity contribution < 1.29 is 23.3 Å². The molecule has 3 nitrogen and oxygen atoms in total. The lowest BCUT2D eigenvalue weighted by molar-refractivity contribution is -0.464. The number of rotatable bonds is 4. The number of aliphatic hydroxyl groups excluding tert-OH is 1. The third kappa shape index (κ3) is 3.62. The number of aromatic nitrogens is 1. The van der Waals surface area contributed by atoms with Crippen LogP contribution in [0.25, 0.3) is 16.5 Å². The lowest BCUT2D eigenvalue weighted by Crippen LogP contribution is -2.73. The third-order valence-electron chi connectivity index (χ3n) is 4.34. The first-order valence-corrected chi connectivity index (χ1v) is 8.27. The van der Waals surface area contributed by atoms with Gasteiger partial charge in [0.2, 0.25) is 0 Å². The standard InChI is InChI=1S/C19H19F3N2O/c1-2-12(6-3-4-10-19(20,21)22)17-13-9-11-23-18(25)14-7-5-8-15(24-17)16(13)14/h3-8,24H,2,9-11H2,1H3,(H,23,25)/p+1/b4-3-,12-6+. The van der Waals surface area contributed by atoms with Crippen LogP contribution in [0.15, 0.2) is 36.4 Å². The zero-order chi connectivity index (χ0) is 18.0. The van der Waals surface area contributed by atoms with Crippen molar-refractivity contribution in [2.75, 3.05) is 6.54 Å². The molecule has 1 aliphatic heterocycles. The maximum Gasteiger partial charge on any atom is 0.392 e. The second kappa shape index (κ2) is 6.78. The van der Waals surface area contributed by atoms with E-state index in [0.717, 1.165) is 45.8 Å². The lowest BCUT2D eigenvalue weighted by atomic mass is 9.99. The van der Waals surface area contributed by atoms with Gasteiger partial charge < -0.3 is 10.1 Å². The quantitative estimate of drug-likeness (QED) is 0.728. The van der Waals surface area contributed by atoms with E-state index in [9.17, 15) is 18.3 Å². The van der Waals surface area contributed by atoms with Crippen molar-refractivity contribution >= 4 is 22.4 Å². The topological polar surface area (TPSA) is 50.0 Å². The predicted octanol–water partition coefficient (Wildman–Crippen LogP) is 3.41. The summed E-state index contributed by atoms with van der Waals surface area (Å²) in [5.41, 5.74) is 4.61. The summed E-state index contributed by atoms with van der Waals surface area (Å²) in [7, 11) is 0. The molecule has 0 amide bonds. The summed E-state index contributed by atoms with van der Waals surface area (Å²) in [6.07, 6.45) is 0.614. The summed E-state index contributed by atoms with van der Waals surface area (Å²) in [5.74, 6) is 0.155. The van der Waals surface area contributed by atoms with Crippen molar-refractivity contribution in [2.45, 2.75) is 32.4 Å². The number of halogens is 3. The first-order valence-electron chi connectivity index (χ1n) is 8.27. The summed E-state index contributed by atoms with van der Waals surface area (Å²) >= 11 is 0. The van der Waals surface area contributed by atoms with Gasteiger partial charge in [-0.25, -0.2) is 4.99 Å². The highest BCUT2D eigenvalue weighted by Crippen LogP contribution is 2.32. The van der Waals surface area contributed by atoms with E-state index < -0.39 is 12.6 Å². The molecule has 3 N–H and O–H groups in total. The van der Waals surface area contributed by atoms with Crippen LogP contribution in [0.4, 0.5) is 13.2 Å². The maximum absolute atomic E-state index is 12.3. The predicted molar refractivity (Wildman–Crippen MR) is 92.7 cm³/mol. The number of nitrogens with one attached hydrogen (secondary N) is 2. The number of allylic oxidation sites excluding steroid dienone is 4. The summed E-state index contributed by atoms with van der Waals surface area (Å²) in [5, 5.41) is 11.1. The molecule has 1 aliphatic rings. The maximum atomic E-state index is 12.3. The van der Waals surface area contributed by atoms with Gasteiger partial charge in [0, 0.05) is 23.0 Å².